The highest BCUT2D eigenvalue weighted by molar-refractivity contribution is 6.07. The van der Waals surface area contributed by atoms with Gasteiger partial charge in [-0.2, -0.15) is 0 Å². The van der Waals surface area contributed by atoms with Crippen LogP contribution in [0.1, 0.15) is 29.5 Å². The summed E-state index contributed by atoms with van der Waals surface area (Å²) in [7, 11) is 1.90. The molecule has 3 heterocycles. The predicted molar refractivity (Wildman–Crippen MR) is 110 cm³/mol. The number of rotatable bonds is 2. The molecular formula is C23H27N3O2. The van der Waals surface area contributed by atoms with Crippen molar-refractivity contribution < 1.29 is 9.90 Å². The minimum atomic E-state index is -0.333. The van der Waals surface area contributed by atoms with Crippen molar-refractivity contribution in [1.82, 2.24) is 10.2 Å². The van der Waals surface area contributed by atoms with Gasteiger partial charge in [0.15, 0.2) is 0 Å². The van der Waals surface area contributed by atoms with Gasteiger partial charge in [-0.25, -0.2) is 0 Å². The van der Waals surface area contributed by atoms with Gasteiger partial charge < -0.3 is 20.2 Å². The van der Waals surface area contributed by atoms with Crippen LogP contribution in [0.5, 0.6) is 5.75 Å². The van der Waals surface area contributed by atoms with Crippen molar-refractivity contribution in [3.05, 3.63) is 59.2 Å². The molecule has 2 aromatic rings. The van der Waals surface area contributed by atoms with Crippen LogP contribution in [0.4, 0.5) is 5.69 Å². The Morgan fingerprint density at radius 3 is 2.75 bits per heavy atom. The van der Waals surface area contributed by atoms with Crippen molar-refractivity contribution in [3.8, 4) is 5.75 Å². The van der Waals surface area contributed by atoms with Gasteiger partial charge in [0.05, 0.1) is 5.41 Å². The molecule has 1 atom stereocenters. The fourth-order valence-electron chi connectivity index (χ4n) is 5.36. The molecular weight excluding hydrogens is 350 g/mol. The van der Waals surface area contributed by atoms with Crippen LogP contribution in [0.15, 0.2) is 42.5 Å². The van der Waals surface area contributed by atoms with E-state index in [4.69, 9.17) is 0 Å². The molecule has 0 saturated carbocycles. The molecule has 1 fully saturated rings. The normalized spacial score (nSPS) is 23.7. The molecule has 2 N–H and O–H groups in total. The zero-order valence-corrected chi connectivity index (χ0v) is 16.3. The van der Waals surface area contributed by atoms with E-state index in [1.165, 1.54) is 11.1 Å². The molecule has 146 valence electrons. The Labute approximate surface area is 166 Å². The van der Waals surface area contributed by atoms with E-state index in [2.05, 4.69) is 34.5 Å². The highest BCUT2D eigenvalue weighted by Crippen LogP contribution is 2.47. The van der Waals surface area contributed by atoms with E-state index in [0.717, 1.165) is 56.7 Å². The van der Waals surface area contributed by atoms with Gasteiger partial charge in [0.1, 0.15) is 5.75 Å². The molecule has 5 nitrogen and oxygen atoms in total. The van der Waals surface area contributed by atoms with E-state index in [1.807, 2.05) is 24.1 Å². The third kappa shape index (κ3) is 2.65. The Kier molecular flexibility index (Phi) is 4.18. The number of aromatic hydroxyl groups is 1. The van der Waals surface area contributed by atoms with Crippen LogP contribution >= 0.6 is 0 Å². The number of phenolic OH excluding ortho intramolecular Hbond substituents is 1. The summed E-state index contributed by atoms with van der Waals surface area (Å²) < 4.78 is 0. The number of piperidine rings is 1. The van der Waals surface area contributed by atoms with Crippen molar-refractivity contribution in [1.29, 1.82) is 0 Å². The van der Waals surface area contributed by atoms with Crippen molar-refractivity contribution in [2.45, 2.75) is 37.3 Å². The third-order valence-corrected chi connectivity index (χ3v) is 6.97. The Hall–Kier alpha value is -2.37. The summed E-state index contributed by atoms with van der Waals surface area (Å²) in [6.07, 6.45) is 2.71. The van der Waals surface area contributed by atoms with Gasteiger partial charge in [-0.3, -0.25) is 4.79 Å². The number of benzene rings is 2. The van der Waals surface area contributed by atoms with Crippen molar-refractivity contribution in [3.63, 3.8) is 0 Å². The summed E-state index contributed by atoms with van der Waals surface area (Å²) in [6.45, 7) is 3.59. The molecule has 5 heteroatoms. The average molecular weight is 377 g/mol. The number of amides is 1. The molecule has 2 aromatic carbocycles. The summed E-state index contributed by atoms with van der Waals surface area (Å²) in [6, 6.07) is 14.5. The second kappa shape index (κ2) is 6.61. The van der Waals surface area contributed by atoms with Gasteiger partial charge in [0.25, 0.3) is 0 Å². The van der Waals surface area contributed by atoms with Crippen LogP contribution in [-0.4, -0.2) is 48.6 Å². The van der Waals surface area contributed by atoms with Crippen LogP contribution in [0, 0.1) is 0 Å². The number of likely N-dealkylation sites (N-methyl/N-ethyl adjacent to an activating group) is 1. The summed E-state index contributed by atoms with van der Waals surface area (Å²) in [4.78, 5) is 17.4. The smallest absolute Gasteiger partial charge is 0.237 e. The van der Waals surface area contributed by atoms with E-state index < -0.39 is 0 Å². The van der Waals surface area contributed by atoms with Crippen LogP contribution in [-0.2, 0) is 23.2 Å². The fourth-order valence-corrected chi connectivity index (χ4v) is 5.36. The number of carbonyl (C=O) groups excluding carboxylic acids is 1. The number of hydrogen-bond acceptors (Lipinski definition) is 4. The second-order valence-corrected chi connectivity index (χ2v) is 8.46. The molecule has 1 saturated heterocycles. The second-order valence-electron chi connectivity index (χ2n) is 8.46. The lowest BCUT2D eigenvalue weighted by atomic mass is 9.73. The zero-order valence-electron chi connectivity index (χ0n) is 16.3. The molecule has 3 aliphatic rings. The number of carbonyl (C=O) groups is 1. The summed E-state index contributed by atoms with van der Waals surface area (Å²) >= 11 is 0. The van der Waals surface area contributed by atoms with E-state index in [1.54, 1.807) is 6.07 Å². The number of para-hydroxylation sites is 1. The first-order valence-electron chi connectivity index (χ1n) is 10.2. The van der Waals surface area contributed by atoms with Crippen LogP contribution in [0.25, 0.3) is 0 Å². The number of nitrogens with one attached hydrogen (secondary N) is 1. The third-order valence-electron chi connectivity index (χ3n) is 6.97. The molecule has 28 heavy (non-hydrogen) atoms. The van der Waals surface area contributed by atoms with E-state index >= 15 is 0 Å². The van der Waals surface area contributed by atoms with Crippen LogP contribution in [0.2, 0.25) is 0 Å². The van der Waals surface area contributed by atoms with Crippen molar-refractivity contribution in [2.75, 3.05) is 31.6 Å². The Balaban J connectivity index is 1.27. The zero-order chi connectivity index (χ0) is 19.3. The minimum Gasteiger partial charge on any atom is -0.508 e. The molecule has 0 aliphatic carbocycles. The number of anilines is 1. The molecule has 1 amide bonds. The molecule has 0 bridgehead atoms. The molecule has 5 rings (SSSR count). The Bertz CT molecular complexity index is 918. The SMILES string of the molecule is CN1C(=O)C2(CCN(CC3Cc4cccc(O)c4CN3)CC2)c2ccccc21. The minimum absolute atomic E-state index is 0.258. The number of nitrogens with zero attached hydrogens (tertiary/aromatic N) is 2. The maximum Gasteiger partial charge on any atom is 0.237 e. The Morgan fingerprint density at radius 2 is 1.93 bits per heavy atom. The first-order chi connectivity index (χ1) is 13.6. The average Bonchev–Trinajstić information content (AvgIpc) is 2.92. The van der Waals surface area contributed by atoms with Gasteiger partial charge in [-0.1, -0.05) is 30.3 Å². The van der Waals surface area contributed by atoms with Gasteiger partial charge in [-0.15, -0.1) is 0 Å². The number of likely N-dealkylation sites (tertiary alicyclic amines) is 1. The lowest BCUT2D eigenvalue weighted by Gasteiger charge is -2.40. The topological polar surface area (TPSA) is 55.8 Å². The Morgan fingerprint density at radius 1 is 1.14 bits per heavy atom. The summed E-state index contributed by atoms with van der Waals surface area (Å²) in [5, 5.41) is 13.6. The van der Waals surface area contributed by atoms with Gasteiger partial charge in [-0.05, 0) is 55.6 Å². The van der Waals surface area contributed by atoms with Crippen LogP contribution < -0.4 is 10.2 Å². The highest BCUT2D eigenvalue weighted by atomic mass is 16.3. The van der Waals surface area contributed by atoms with Crippen LogP contribution in [0.3, 0.4) is 0 Å². The van der Waals surface area contributed by atoms with E-state index in [-0.39, 0.29) is 11.3 Å². The molecule has 1 spiro atoms. The summed E-state index contributed by atoms with van der Waals surface area (Å²) in [5.74, 6) is 0.652. The quantitative estimate of drug-likeness (QED) is 0.844. The van der Waals surface area contributed by atoms with E-state index in [0.29, 0.717) is 11.8 Å². The predicted octanol–water partition coefficient (Wildman–Crippen LogP) is 2.42. The number of phenols is 1. The number of hydrogen-bond donors (Lipinski definition) is 2. The maximum atomic E-state index is 13.1. The fraction of sp³-hybridized carbons (Fsp3) is 0.435. The van der Waals surface area contributed by atoms with Gasteiger partial charge in [0.2, 0.25) is 5.91 Å². The van der Waals surface area contributed by atoms with Crippen molar-refractivity contribution >= 4 is 11.6 Å². The molecule has 3 aliphatic heterocycles. The standard InChI is InChI=1S/C23H27N3O2/c1-25-20-7-3-2-6-19(20)23(22(25)28)9-11-26(12-10-23)15-17-13-16-5-4-8-21(27)18(16)14-24-17/h2-8,17,24,27H,9-15H2,1H3. The van der Waals surface area contributed by atoms with Crippen molar-refractivity contribution in [2.24, 2.45) is 0 Å². The number of fused-ring (bicyclic) bond motifs is 3. The highest BCUT2D eigenvalue weighted by Gasteiger charge is 2.50. The first kappa shape index (κ1) is 17.7. The van der Waals surface area contributed by atoms with Gasteiger partial charge >= 0.3 is 0 Å². The first-order valence-corrected chi connectivity index (χ1v) is 10.2. The molecule has 1 unspecified atom stereocenters. The van der Waals surface area contributed by atoms with E-state index in [9.17, 15) is 9.90 Å². The largest absolute Gasteiger partial charge is 0.508 e. The van der Waals surface area contributed by atoms with Gasteiger partial charge in [0, 0.05) is 37.4 Å². The lowest BCUT2D eigenvalue weighted by Crippen LogP contribution is -2.52. The summed E-state index contributed by atoms with van der Waals surface area (Å²) in [5.41, 5.74) is 4.24. The molecule has 0 aromatic heterocycles. The monoisotopic (exact) mass is 377 g/mol. The molecule has 0 radical (unpaired) electrons. The maximum absolute atomic E-state index is 13.1. The lowest BCUT2D eigenvalue weighted by molar-refractivity contribution is -0.124.